The van der Waals surface area contributed by atoms with E-state index in [2.05, 4.69) is 15.0 Å². The zero-order valence-electron chi connectivity index (χ0n) is 17.6. The molecule has 0 bridgehead atoms. The van der Waals surface area contributed by atoms with Gasteiger partial charge < -0.3 is 16.2 Å². The third kappa shape index (κ3) is 6.86. The third-order valence-electron chi connectivity index (χ3n) is 4.83. The minimum Gasteiger partial charge on any atom is -0.480 e. The molecule has 3 aromatic rings. The first-order valence-corrected chi connectivity index (χ1v) is 11.6. The number of carbonyl (C=O) groups excluding carboxylic acids is 1. The van der Waals surface area contributed by atoms with Crippen molar-refractivity contribution >= 4 is 27.7 Å². The fourth-order valence-corrected chi connectivity index (χ4v) is 4.27. The number of nitrogen functional groups attached to an aromatic ring is 1. The number of hydrogen-bond donors (Lipinski definition) is 4. The van der Waals surface area contributed by atoms with Crippen molar-refractivity contribution in [2.75, 3.05) is 12.3 Å². The van der Waals surface area contributed by atoms with Gasteiger partial charge in [-0.2, -0.15) is 4.72 Å². The van der Waals surface area contributed by atoms with Crippen LogP contribution in [0.2, 0.25) is 0 Å². The normalized spacial score (nSPS) is 12.1. The molecule has 9 nitrogen and oxygen atoms in total. The largest absolute Gasteiger partial charge is 0.480 e. The molecule has 0 saturated carbocycles. The molecule has 172 valence electrons. The number of sulfonamides is 1. The first-order valence-electron chi connectivity index (χ1n) is 10.1. The Kier molecular flexibility index (Phi) is 7.75. The molecule has 2 aromatic carbocycles. The summed E-state index contributed by atoms with van der Waals surface area (Å²) in [5.41, 5.74) is 7.88. The lowest BCUT2D eigenvalue weighted by Crippen LogP contribution is -2.48. The van der Waals surface area contributed by atoms with Gasteiger partial charge in [-0.1, -0.05) is 36.4 Å². The molecular weight excluding hydrogens is 444 g/mol. The number of anilines is 1. The lowest BCUT2D eigenvalue weighted by atomic mass is 10.1. The number of aromatic nitrogens is 1. The van der Waals surface area contributed by atoms with Gasteiger partial charge in [0.15, 0.2) is 0 Å². The van der Waals surface area contributed by atoms with E-state index in [1.54, 1.807) is 36.4 Å². The highest BCUT2D eigenvalue weighted by Gasteiger charge is 2.26. The maximum absolute atomic E-state index is 12.4. The number of nitrogens with one attached hydrogen (secondary N) is 2. The van der Waals surface area contributed by atoms with Crippen LogP contribution in [-0.2, 0) is 27.7 Å². The molecular formula is C23H24N4O5S. The van der Waals surface area contributed by atoms with Gasteiger partial charge in [-0.25, -0.2) is 13.4 Å². The van der Waals surface area contributed by atoms with Crippen molar-refractivity contribution in [1.29, 1.82) is 0 Å². The molecule has 0 radical (unpaired) electrons. The molecule has 0 aliphatic heterocycles. The molecule has 1 unspecified atom stereocenters. The second-order valence-corrected chi connectivity index (χ2v) is 9.00. The Labute approximate surface area is 191 Å². The van der Waals surface area contributed by atoms with E-state index < -0.39 is 34.5 Å². The topological polar surface area (TPSA) is 151 Å². The predicted octanol–water partition coefficient (Wildman–Crippen LogP) is 1.61. The summed E-state index contributed by atoms with van der Waals surface area (Å²) in [7, 11) is -4.05. The Morgan fingerprint density at radius 3 is 2.27 bits per heavy atom. The van der Waals surface area contributed by atoms with Crippen molar-refractivity contribution in [3.63, 3.8) is 0 Å². The van der Waals surface area contributed by atoms with Crippen LogP contribution in [0, 0.1) is 0 Å². The molecule has 0 aliphatic rings. The smallest absolute Gasteiger partial charge is 0.323 e. The molecule has 0 fully saturated rings. The summed E-state index contributed by atoms with van der Waals surface area (Å²) in [5.74, 6) is -1.45. The van der Waals surface area contributed by atoms with Gasteiger partial charge in [0, 0.05) is 17.8 Å². The van der Waals surface area contributed by atoms with Crippen molar-refractivity contribution in [2.45, 2.75) is 23.8 Å². The number of carboxylic acids is 1. The van der Waals surface area contributed by atoms with Gasteiger partial charge in [-0.3, -0.25) is 9.59 Å². The van der Waals surface area contributed by atoms with Gasteiger partial charge in [-0.05, 0) is 54.8 Å². The molecule has 0 aliphatic carbocycles. The minimum absolute atomic E-state index is 0.0634. The van der Waals surface area contributed by atoms with E-state index in [0.29, 0.717) is 24.2 Å². The number of pyridine rings is 1. The van der Waals surface area contributed by atoms with Crippen molar-refractivity contribution in [3.05, 3.63) is 89.6 Å². The third-order valence-corrected chi connectivity index (χ3v) is 6.32. The minimum atomic E-state index is -4.05. The van der Waals surface area contributed by atoms with Crippen molar-refractivity contribution in [1.82, 2.24) is 15.0 Å². The summed E-state index contributed by atoms with van der Waals surface area (Å²) in [4.78, 5) is 28.1. The predicted molar refractivity (Wildman–Crippen MR) is 123 cm³/mol. The zero-order valence-corrected chi connectivity index (χ0v) is 18.5. The standard InChI is InChI=1S/C23H24N4O5S/c24-21-8-4-5-18(26-21)14-11-16-9-12-17(13-10-16)22(28)25-15-20(23(29)30)27-33(31,32)19-6-2-1-3-7-19/h1-10,12-13,20,27H,11,14-15H2,(H2,24,26)(H,25,28)(H,29,30). The average molecular weight is 469 g/mol. The molecule has 0 spiro atoms. The highest BCUT2D eigenvalue weighted by Crippen LogP contribution is 2.10. The number of rotatable bonds is 10. The van der Waals surface area contributed by atoms with Crippen LogP contribution in [0.5, 0.6) is 0 Å². The van der Waals surface area contributed by atoms with Crippen LogP contribution >= 0.6 is 0 Å². The molecule has 1 amide bonds. The van der Waals surface area contributed by atoms with Crippen LogP contribution in [0.1, 0.15) is 21.6 Å². The molecule has 0 saturated heterocycles. The van der Waals surface area contributed by atoms with Crippen LogP contribution in [0.15, 0.2) is 77.7 Å². The van der Waals surface area contributed by atoms with Crippen molar-refractivity contribution in [2.24, 2.45) is 0 Å². The van der Waals surface area contributed by atoms with E-state index in [9.17, 15) is 23.1 Å². The van der Waals surface area contributed by atoms with Gasteiger partial charge in [0.1, 0.15) is 11.9 Å². The summed E-state index contributed by atoms with van der Waals surface area (Å²) in [6.07, 6.45) is 1.40. The van der Waals surface area contributed by atoms with Crippen LogP contribution in [0.3, 0.4) is 0 Å². The molecule has 10 heteroatoms. The first kappa shape index (κ1) is 23.9. The highest BCUT2D eigenvalue weighted by atomic mass is 32.2. The Hall–Kier alpha value is -3.76. The van der Waals surface area contributed by atoms with E-state index in [4.69, 9.17) is 5.73 Å². The first-order chi connectivity index (χ1) is 15.7. The van der Waals surface area contributed by atoms with Gasteiger partial charge in [-0.15, -0.1) is 0 Å². The number of carbonyl (C=O) groups is 2. The second kappa shape index (κ2) is 10.7. The van der Waals surface area contributed by atoms with E-state index in [-0.39, 0.29) is 4.90 Å². The molecule has 1 aromatic heterocycles. The van der Waals surface area contributed by atoms with Gasteiger partial charge in [0.2, 0.25) is 10.0 Å². The molecule has 33 heavy (non-hydrogen) atoms. The number of benzene rings is 2. The Bertz CT molecular complexity index is 1220. The molecule has 3 rings (SSSR count). The summed E-state index contributed by atoms with van der Waals surface area (Å²) in [5, 5.41) is 11.8. The Morgan fingerprint density at radius 2 is 1.64 bits per heavy atom. The lowest BCUT2D eigenvalue weighted by Gasteiger charge is -2.16. The Balaban J connectivity index is 1.56. The number of carboxylic acid groups (broad SMARTS) is 1. The number of amides is 1. The van der Waals surface area contributed by atoms with E-state index in [1.807, 2.05) is 12.1 Å². The average Bonchev–Trinajstić information content (AvgIpc) is 2.81. The van der Waals surface area contributed by atoms with Crippen molar-refractivity contribution < 1.29 is 23.1 Å². The van der Waals surface area contributed by atoms with Gasteiger partial charge in [0.05, 0.1) is 4.90 Å². The number of nitrogens with zero attached hydrogens (tertiary/aromatic N) is 1. The van der Waals surface area contributed by atoms with E-state index in [0.717, 1.165) is 11.3 Å². The van der Waals surface area contributed by atoms with Crippen molar-refractivity contribution in [3.8, 4) is 0 Å². The van der Waals surface area contributed by atoms with E-state index >= 15 is 0 Å². The summed E-state index contributed by atoms with van der Waals surface area (Å²) in [6.45, 7) is -0.414. The van der Waals surface area contributed by atoms with Crippen LogP contribution in [-0.4, -0.2) is 43.0 Å². The van der Waals surface area contributed by atoms with Crippen LogP contribution < -0.4 is 15.8 Å². The fourth-order valence-electron chi connectivity index (χ4n) is 3.06. The summed E-state index contributed by atoms with van der Waals surface area (Å²) >= 11 is 0. The maximum Gasteiger partial charge on any atom is 0.323 e. The molecule has 5 N–H and O–H groups in total. The second-order valence-electron chi connectivity index (χ2n) is 7.29. The monoisotopic (exact) mass is 468 g/mol. The highest BCUT2D eigenvalue weighted by molar-refractivity contribution is 7.89. The molecule has 1 atom stereocenters. The SMILES string of the molecule is Nc1cccc(CCc2ccc(C(=O)NCC(NS(=O)(=O)c3ccccc3)C(=O)O)cc2)n1. The number of aryl methyl sites for hydroxylation is 2. The quantitative estimate of drug-likeness (QED) is 0.353. The molecule has 1 heterocycles. The van der Waals surface area contributed by atoms with Gasteiger partial charge in [0.25, 0.3) is 5.91 Å². The lowest BCUT2D eigenvalue weighted by molar-refractivity contribution is -0.138. The zero-order chi connectivity index (χ0) is 23.8. The van der Waals surface area contributed by atoms with Gasteiger partial charge >= 0.3 is 5.97 Å². The Morgan fingerprint density at radius 1 is 0.939 bits per heavy atom. The number of aliphatic carboxylic acids is 1. The van der Waals surface area contributed by atoms with E-state index in [1.165, 1.54) is 24.3 Å². The number of nitrogens with two attached hydrogens (primary N) is 1. The maximum atomic E-state index is 12.4. The number of hydrogen-bond acceptors (Lipinski definition) is 6. The van der Waals surface area contributed by atoms with Crippen LogP contribution in [0.25, 0.3) is 0 Å². The fraction of sp³-hybridized carbons (Fsp3) is 0.174. The van der Waals surface area contributed by atoms with Crippen LogP contribution in [0.4, 0.5) is 5.82 Å². The summed E-state index contributed by atoms with van der Waals surface area (Å²) in [6, 6.07) is 18.2. The summed E-state index contributed by atoms with van der Waals surface area (Å²) < 4.78 is 26.9.